The maximum Gasteiger partial charge on any atom is 0.237 e. The second kappa shape index (κ2) is 7.36. The molecule has 0 aliphatic heterocycles. The number of carbonyl (C=O) groups is 1. The van der Waals surface area contributed by atoms with Crippen LogP contribution in [0.2, 0.25) is 0 Å². The van der Waals surface area contributed by atoms with Crippen LogP contribution in [0.4, 0.5) is 14.5 Å². The summed E-state index contributed by atoms with van der Waals surface area (Å²) in [6, 6.07) is 2.89. The van der Waals surface area contributed by atoms with E-state index in [-0.39, 0.29) is 5.69 Å². The average Bonchev–Trinajstić information content (AvgIpc) is 2.84. The van der Waals surface area contributed by atoms with Gasteiger partial charge in [0.05, 0.1) is 10.9 Å². The average molecular weight is 338 g/mol. The van der Waals surface area contributed by atoms with Crippen molar-refractivity contribution >= 4 is 23.4 Å². The number of rotatable bonds is 6. The van der Waals surface area contributed by atoms with Crippen LogP contribution in [0.5, 0.6) is 0 Å². The number of hydrogen-bond donors (Lipinski definition) is 1. The molecule has 0 aliphatic rings. The van der Waals surface area contributed by atoms with E-state index in [0.717, 1.165) is 18.2 Å². The summed E-state index contributed by atoms with van der Waals surface area (Å²) < 4.78 is 28.5. The van der Waals surface area contributed by atoms with Crippen LogP contribution in [0.25, 0.3) is 0 Å². The van der Waals surface area contributed by atoms with Gasteiger partial charge in [0.1, 0.15) is 17.5 Å². The largest absolute Gasteiger partial charge is 0.323 e. The molecule has 0 saturated carbocycles. The molecule has 2 aromatic rings. The lowest BCUT2D eigenvalue weighted by Gasteiger charge is -2.13. The summed E-state index contributed by atoms with van der Waals surface area (Å²) in [6.07, 6.45) is 1.70. The molecule has 8 heteroatoms. The molecule has 122 valence electrons. The first-order valence-corrected chi connectivity index (χ1v) is 7.73. The second-order valence-corrected chi connectivity index (χ2v) is 6.11. The van der Waals surface area contributed by atoms with Crippen molar-refractivity contribution in [2.45, 2.75) is 30.8 Å². The van der Waals surface area contributed by atoms with Crippen LogP contribution < -0.4 is 5.32 Å². The first kappa shape index (κ1) is 17.1. The number of nitrogens with one attached hydrogen (secondary N) is 1. The topological polar surface area (TPSA) is 59.8 Å². The molecule has 1 aromatic heterocycles. The van der Waals surface area contributed by atoms with E-state index in [0.29, 0.717) is 17.5 Å². The minimum Gasteiger partial charge on any atom is -0.323 e. The number of aromatic nitrogens is 3. The van der Waals surface area contributed by atoms with Gasteiger partial charge in [-0.1, -0.05) is 17.8 Å². The van der Waals surface area contributed by atoms with Crippen LogP contribution >= 0.6 is 11.8 Å². The molecule has 0 radical (unpaired) electrons. The summed E-state index contributed by atoms with van der Waals surface area (Å²) in [5.41, 5.74) is -0.189. The van der Waals surface area contributed by atoms with Gasteiger partial charge in [0.2, 0.25) is 5.91 Å². The lowest BCUT2D eigenvalue weighted by atomic mass is 10.3. The maximum atomic E-state index is 13.6. The first-order valence-electron chi connectivity index (χ1n) is 6.85. The number of amides is 1. The SMILES string of the molecule is C=CCn1c(C)nnc1S[C@H](C)C(=O)Nc1cc(F)ccc1F. The van der Waals surface area contributed by atoms with Crippen molar-refractivity contribution < 1.29 is 13.6 Å². The molecule has 1 heterocycles. The number of halogens is 2. The van der Waals surface area contributed by atoms with Crippen molar-refractivity contribution in [2.75, 3.05) is 5.32 Å². The lowest BCUT2D eigenvalue weighted by molar-refractivity contribution is -0.115. The minimum atomic E-state index is -0.692. The van der Waals surface area contributed by atoms with Crippen LogP contribution in [0.3, 0.4) is 0 Å². The van der Waals surface area contributed by atoms with Gasteiger partial charge in [0, 0.05) is 12.6 Å². The molecule has 0 bridgehead atoms. The smallest absolute Gasteiger partial charge is 0.237 e. The summed E-state index contributed by atoms with van der Waals surface area (Å²) in [7, 11) is 0. The number of aryl methyl sites for hydroxylation is 1. The van der Waals surface area contributed by atoms with Crippen molar-refractivity contribution in [3.8, 4) is 0 Å². The third kappa shape index (κ3) is 4.16. The van der Waals surface area contributed by atoms with Crippen LogP contribution in [-0.4, -0.2) is 25.9 Å². The van der Waals surface area contributed by atoms with E-state index >= 15 is 0 Å². The third-order valence-corrected chi connectivity index (χ3v) is 4.13. The van der Waals surface area contributed by atoms with Gasteiger partial charge < -0.3 is 9.88 Å². The third-order valence-electron chi connectivity index (χ3n) is 3.05. The van der Waals surface area contributed by atoms with E-state index in [4.69, 9.17) is 0 Å². The van der Waals surface area contributed by atoms with E-state index in [9.17, 15) is 13.6 Å². The molecule has 0 fully saturated rings. The molecule has 5 nitrogen and oxygen atoms in total. The van der Waals surface area contributed by atoms with Crippen molar-refractivity contribution in [1.82, 2.24) is 14.8 Å². The Morgan fingerprint density at radius 2 is 2.22 bits per heavy atom. The van der Waals surface area contributed by atoms with Gasteiger partial charge in [-0.3, -0.25) is 4.79 Å². The Kier molecular flexibility index (Phi) is 5.49. The number of hydrogen-bond acceptors (Lipinski definition) is 4. The number of anilines is 1. The van der Waals surface area contributed by atoms with Crippen LogP contribution in [-0.2, 0) is 11.3 Å². The number of thioether (sulfide) groups is 1. The quantitative estimate of drug-likeness (QED) is 0.649. The van der Waals surface area contributed by atoms with E-state index < -0.39 is 22.8 Å². The molecular formula is C15H16F2N4OS. The highest BCUT2D eigenvalue weighted by Crippen LogP contribution is 2.24. The van der Waals surface area contributed by atoms with Crippen molar-refractivity contribution in [2.24, 2.45) is 0 Å². The summed E-state index contributed by atoms with van der Waals surface area (Å²) >= 11 is 1.18. The number of carbonyl (C=O) groups excluding carboxylic acids is 1. The highest BCUT2D eigenvalue weighted by molar-refractivity contribution is 8.00. The first-order chi connectivity index (χ1) is 10.9. The molecule has 1 atom stereocenters. The number of nitrogens with zero attached hydrogens (tertiary/aromatic N) is 3. The molecule has 0 aliphatic carbocycles. The molecule has 0 saturated heterocycles. The van der Waals surface area contributed by atoms with Gasteiger partial charge in [0.25, 0.3) is 0 Å². The zero-order valence-corrected chi connectivity index (χ0v) is 13.5. The van der Waals surface area contributed by atoms with Crippen LogP contribution in [0.15, 0.2) is 36.0 Å². The van der Waals surface area contributed by atoms with E-state index in [2.05, 4.69) is 22.1 Å². The van der Waals surface area contributed by atoms with Gasteiger partial charge >= 0.3 is 0 Å². The molecule has 1 N–H and O–H groups in total. The standard InChI is InChI=1S/C15H16F2N4OS/c1-4-7-21-10(3)19-20-15(21)23-9(2)14(22)18-13-8-11(16)5-6-12(13)17/h4-6,8-9H,1,7H2,2-3H3,(H,18,22)/t9-/m1/s1. The van der Waals surface area contributed by atoms with E-state index in [1.54, 1.807) is 19.9 Å². The van der Waals surface area contributed by atoms with Gasteiger partial charge in [-0.25, -0.2) is 8.78 Å². The molecule has 0 unspecified atom stereocenters. The van der Waals surface area contributed by atoms with Gasteiger partial charge in [-0.2, -0.15) is 0 Å². The summed E-state index contributed by atoms with van der Waals surface area (Å²) in [4.78, 5) is 12.2. The molecule has 1 amide bonds. The summed E-state index contributed by atoms with van der Waals surface area (Å²) in [5.74, 6) is -1.06. The minimum absolute atomic E-state index is 0.189. The van der Waals surface area contributed by atoms with Crippen molar-refractivity contribution in [1.29, 1.82) is 0 Å². The van der Waals surface area contributed by atoms with Crippen LogP contribution in [0.1, 0.15) is 12.7 Å². The molecule has 1 aromatic carbocycles. The molecule has 2 rings (SSSR count). The lowest BCUT2D eigenvalue weighted by Crippen LogP contribution is -2.23. The predicted octanol–water partition coefficient (Wildman–Crippen LogP) is 3.17. The van der Waals surface area contributed by atoms with Gasteiger partial charge in [-0.05, 0) is 26.0 Å². The highest BCUT2D eigenvalue weighted by atomic mass is 32.2. The van der Waals surface area contributed by atoms with Gasteiger partial charge in [-0.15, -0.1) is 16.8 Å². The van der Waals surface area contributed by atoms with Crippen molar-refractivity contribution in [3.05, 3.63) is 48.3 Å². The molecule has 23 heavy (non-hydrogen) atoms. The Hall–Kier alpha value is -2.22. The summed E-state index contributed by atoms with van der Waals surface area (Å²) in [6.45, 7) is 7.64. The van der Waals surface area contributed by atoms with E-state index in [1.807, 2.05) is 4.57 Å². The maximum absolute atomic E-state index is 13.6. The predicted molar refractivity (Wildman–Crippen MR) is 85.3 cm³/mol. The normalized spacial score (nSPS) is 12.0. The molecule has 0 spiro atoms. The fourth-order valence-corrected chi connectivity index (χ4v) is 2.73. The Balaban J connectivity index is 2.08. The monoisotopic (exact) mass is 338 g/mol. The highest BCUT2D eigenvalue weighted by Gasteiger charge is 2.20. The second-order valence-electron chi connectivity index (χ2n) is 4.80. The Labute approximate surface area is 136 Å². The van der Waals surface area contributed by atoms with Gasteiger partial charge in [0.15, 0.2) is 5.16 Å². The fraction of sp³-hybridized carbons (Fsp3) is 0.267. The van der Waals surface area contributed by atoms with Crippen molar-refractivity contribution in [3.63, 3.8) is 0 Å². The summed E-state index contributed by atoms with van der Waals surface area (Å²) in [5, 5.41) is 10.3. The Bertz CT molecular complexity index is 732. The zero-order valence-electron chi connectivity index (χ0n) is 12.7. The Morgan fingerprint density at radius 1 is 1.48 bits per heavy atom. The van der Waals surface area contributed by atoms with Crippen LogP contribution in [0, 0.1) is 18.6 Å². The zero-order chi connectivity index (χ0) is 17.0. The van der Waals surface area contributed by atoms with E-state index in [1.165, 1.54) is 11.8 Å². The number of allylic oxidation sites excluding steroid dienone is 1. The number of benzene rings is 1. The molecular weight excluding hydrogens is 322 g/mol. The fourth-order valence-electron chi connectivity index (χ4n) is 1.83. The Morgan fingerprint density at radius 3 is 2.91 bits per heavy atom.